The zero-order valence-electron chi connectivity index (χ0n) is 32.0. The number of fused-ring (bicyclic) bond motifs is 2. The number of piperazine rings is 1. The standard InChI is InChI=1S/C43H42F7N9/c44-28-21-36-34(53-41(55-36)32-3-1-11-51-32)19-26(28)38-9-10-39(27-20-35-37(22-29(27)45)56-42(54-35)33-4-2-12-52-33)59(38)25-17-30(46)40(31(47)18-25)58-15-13-57(14-16-58)24-7-5-23(6-8-24)43(48,49)50/h5-8,17-22,32-33,38-39,51-52H,1-4,9-16H2,(H,53,55)(H,54,56)/t32-,33-,38+,39+/m0/s1. The minimum atomic E-state index is -4.45. The molecule has 2 aromatic heterocycles. The topological polar surface area (TPSA) is 91.1 Å². The van der Waals surface area contributed by atoms with Crippen LogP contribution in [0.4, 0.5) is 47.8 Å². The molecule has 59 heavy (non-hydrogen) atoms. The molecule has 4 fully saturated rings. The van der Waals surface area contributed by atoms with Gasteiger partial charge in [-0.1, -0.05) is 0 Å². The molecule has 0 saturated carbocycles. The molecule has 0 unspecified atom stereocenters. The third-order valence-electron chi connectivity index (χ3n) is 12.6. The molecular formula is C43H42F7N9. The van der Waals surface area contributed by atoms with E-state index in [0.29, 0.717) is 64.8 Å². The fourth-order valence-corrected chi connectivity index (χ4v) is 9.65. The molecule has 308 valence electrons. The third kappa shape index (κ3) is 6.93. The van der Waals surface area contributed by atoms with Crippen LogP contribution in [0.25, 0.3) is 22.1 Å². The van der Waals surface area contributed by atoms with E-state index >= 15 is 17.6 Å². The molecule has 9 nitrogen and oxygen atoms in total. The Hall–Kier alpha value is -5.35. The number of aromatic nitrogens is 4. The monoisotopic (exact) mass is 817 g/mol. The van der Waals surface area contributed by atoms with Gasteiger partial charge in [0.1, 0.15) is 29.0 Å². The van der Waals surface area contributed by atoms with Crippen LogP contribution in [0.1, 0.15) is 91.0 Å². The van der Waals surface area contributed by atoms with Crippen LogP contribution in [-0.2, 0) is 6.18 Å². The number of H-pyrrole nitrogens is 2. The lowest BCUT2D eigenvalue weighted by Crippen LogP contribution is -2.47. The number of alkyl halides is 3. The Morgan fingerprint density at radius 2 is 1.05 bits per heavy atom. The number of benzene rings is 4. The van der Waals surface area contributed by atoms with Crippen molar-refractivity contribution in [2.75, 3.05) is 54.0 Å². The van der Waals surface area contributed by atoms with E-state index < -0.39 is 47.1 Å². The summed E-state index contributed by atoms with van der Waals surface area (Å²) in [5.41, 5.74) is 2.55. The van der Waals surface area contributed by atoms with Gasteiger partial charge in [-0.25, -0.2) is 27.5 Å². The minimum absolute atomic E-state index is 0.0314. The summed E-state index contributed by atoms with van der Waals surface area (Å²) in [6.07, 6.45) is 0.0953. The van der Waals surface area contributed by atoms with Crippen molar-refractivity contribution in [1.82, 2.24) is 30.6 Å². The van der Waals surface area contributed by atoms with Gasteiger partial charge in [0.25, 0.3) is 0 Å². The molecule has 6 aromatic rings. The summed E-state index contributed by atoms with van der Waals surface area (Å²) in [6, 6.07) is 12.1. The van der Waals surface area contributed by atoms with Crippen LogP contribution >= 0.6 is 0 Å². The molecule has 10 rings (SSSR count). The van der Waals surface area contributed by atoms with Crippen LogP contribution < -0.4 is 25.3 Å². The van der Waals surface area contributed by atoms with Gasteiger partial charge in [0.2, 0.25) is 0 Å². The Balaban J connectivity index is 0.990. The molecule has 0 spiro atoms. The van der Waals surface area contributed by atoms with E-state index in [9.17, 15) is 13.2 Å². The van der Waals surface area contributed by atoms with Gasteiger partial charge >= 0.3 is 6.18 Å². The van der Waals surface area contributed by atoms with Gasteiger partial charge in [0, 0.05) is 60.8 Å². The quantitative estimate of drug-likeness (QED) is 0.120. The van der Waals surface area contributed by atoms with E-state index in [2.05, 4.69) is 30.6 Å². The molecule has 4 atom stereocenters. The Bertz CT molecular complexity index is 2380. The van der Waals surface area contributed by atoms with Crippen LogP contribution in [0, 0.1) is 23.3 Å². The smallest absolute Gasteiger partial charge is 0.368 e. The summed E-state index contributed by atoms with van der Waals surface area (Å²) in [7, 11) is 0. The van der Waals surface area contributed by atoms with Crippen LogP contribution in [0.5, 0.6) is 0 Å². The fourth-order valence-electron chi connectivity index (χ4n) is 9.65. The van der Waals surface area contributed by atoms with Crippen molar-refractivity contribution in [3.05, 3.63) is 112 Å². The van der Waals surface area contributed by atoms with E-state index in [0.717, 1.165) is 62.6 Å². The lowest BCUT2D eigenvalue weighted by molar-refractivity contribution is -0.137. The Morgan fingerprint density at radius 1 is 0.559 bits per heavy atom. The summed E-state index contributed by atoms with van der Waals surface area (Å²) in [5, 5.41) is 6.82. The minimum Gasteiger partial charge on any atom is -0.368 e. The first-order valence-electron chi connectivity index (χ1n) is 20.3. The van der Waals surface area contributed by atoms with Gasteiger partial charge in [-0.2, -0.15) is 13.2 Å². The predicted molar refractivity (Wildman–Crippen MR) is 211 cm³/mol. The number of nitrogens with zero attached hydrogens (tertiary/aromatic N) is 5. The summed E-state index contributed by atoms with van der Waals surface area (Å²) >= 11 is 0. The maximum absolute atomic E-state index is 16.4. The highest BCUT2D eigenvalue weighted by Gasteiger charge is 2.40. The summed E-state index contributed by atoms with van der Waals surface area (Å²) < 4.78 is 105. The predicted octanol–water partition coefficient (Wildman–Crippen LogP) is 9.27. The second-order valence-electron chi connectivity index (χ2n) is 16.1. The first-order valence-corrected chi connectivity index (χ1v) is 20.3. The second-order valence-corrected chi connectivity index (χ2v) is 16.1. The van der Waals surface area contributed by atoms with E-state index in [-0.39, 0.29) is 36.5 Å². The zero-order valence-corrected chi connectivity index (χ0v) is 32.0. The van der Waals surface area contributed by atoms with E-state index in [1.165, 1.54) is 36.4 Å². The lowest BCUT2D eigenvalue weighted by Gasteiger charge is -2.38. The molecular weight excluding hydrogens is 776 g/mol. The van der Waals surface area contributed by atoms with Crippen molar-refractivity contribution in [3.8, 4) is 0 Å². The molecule has 4 aliphatic rings. The normalized spacial score (nSPS) is 22.8. The molecule has 0 radical (unpaired) electrons. The Labute approximate surface area is 335 Å². The van der Waals surface area contributed by atoms with Crippen LogP contribution in [0.3, 0.4) is 0 Å². The van der Waals surface area contributed by atoms with Crippen molar-refractivity contribution in [1.29, 1.82) is 0 Å². The number of rotatable bonds is 7. The summed E-state index contributed by atoms with van der Waals surface area (Å²) in [5.74, 6) is -1.26. The van der Waals surface area contributed by atoms with Crippen LogP contribution in [0.2, 0.25) is 0 Å². The fraction of sp³-hybridized carbons (Fsp3) is 0.395. The summed E-state index contributed by atoms with van der Waals surface area (Å²) in [6.45, 7) is 2.80. The summed E-state index contributed by atoms with van der Waals surface area (Å²) in [4.78, 5) is 21.2. The number of hydrogen-bond acceptors (Lipinski definition) is 7. The lowest BCUT2D eigenvalue weighted by atomic mass is 10.0. The van der Waals surface area contributed by atoms with Gasteiger partial charge in [0.05, 0.1) is 51.8 Å². The SMILES string of the molecule is Fc1cc2nc([C@@H]3CCCN3)[nH]c2cc1[C@H]1CC[C@H](c2cc3[nH]c([C@@H]4CCCN4)nc3cc2F)N1c1cc(F)c(N2CCN(c3ccc(C(F)(F)F)cc3)CC2)c(F)c1. The highest BCUT2D eigenvalue weighted by molar-refractivity contribution is 5.78. The highest BCUT2D eigenvalue weighted by Crippen LogP contribution is 2.50. The molecule has 4 saturated heterocycles. The largest absolute Gasteiger partial charge is 0.416 e. The van der Waals surface area contributed by atoms with Crippen molar-refractivity contribution >= 4 is 39.1 Å². The molecule has 4 N–H and O–H groups in total. The van der Waals surface area contributed by atoms with Gasteiger partial charge in [-0.05, 0) is 100 Å². The molecule has 16 heteroatoms. The van der Waals surface area contributed by atoms with Crippen molar-refractivity contribution in [2.24, 2.45) is 0 Å². The number of imidazole rings is 2. The molecule has 0 amide bonds. The average molecular weight is 818 g/mol. The molecule has 0 aliphatic carbocycles. The van der Waals surface area contributed by atoms with E-state index in [1.807, 2.05) is 4.90 Å². The van der Waals surface area contributed by atoms with E-state index in [1.54, 1.807) is 21.9 Å². The first kappa shape index (κ1) is 37.9. The van der Waals surface area contributed by atoms with Gasteiger partial charge in [0.15, 0.2) is 11.6 Å². The van der Waals surface area contributed by atoms with Crippen molar-refractivity contribution in [2.45, 2.75) is 68.9 Å². The number of anilines is 3. The molecule has 4 aliphatic heterocycles. The Morgan fingerprint density at radius 3 is 1.51 bits per heavy atom. The molecule has 4 aromatic carbocycles. The zero-order chi connectivity index (χ0) is 40.6. The first-order chi connectivity index (χ1) is 28.5. The van der Waals surface area contributed by atoms with Gasteiger partial charge in [-0.3, -0.25) is 0 Å². The maximum Gasteiger partial charge on any atom is 0.416 e. The van der Waals surface area contributed by atoms with Crippen molar-refractivity contribution < 1.29 is 30.7 Å². The van der Waals surface area contributed by atoms with Crippen molar-refractivity contribution in [3.63, 3.8) is 0 Å². The third-order valence-corrected chi connectivity index (χ3v) is 12.6. The van der Waals surface area contributed by atoms with Gasteiger partial charge in [-0.15, -0.1) is 0 Å². The highest BCUT2D eigenvalue weighted by atomic mass is 19.4. The average Bonchev–Trinajstić information content (AvgIpc) is 4.07. The number of halogens is 7. The van der Waals surface area contributed by atoms with E-state index in [4.69, 9.17) is 0 Å². The number of nitrogens with one attached hydrogen (secondary N) is 4. The molecule has 0 bridgehead atoms. The van der Waals surface area contributed by atoms with Crippen LogP contribution in [-0.4, -0.2) is 59.2 Å². The maximum atomic E-state index is 16.4. The second kappa shape index (κ2) is 14.7. The Kier molecular flexibility index (Phi) is 9.46. The van der Waals surface area contributed by atoms with Crippen LogP contribution in [0.15, 0.2) is 60.7 Å². The molecule has 6 heterocycles. The number of hydrogen-bond donors (Lipinski definition) is 4. The number of aromatic amines is 2. The van der Waals surface area contributed by atoms with Gasteiger partial charge < -0.3 is 35.3 Å².